The highest BCUT2D eigenvalue weighted by Gasteiger charge is 2.15. The molecule has 1 atom stereocenters. The third kappa shape index (κ3) is 4.43. The Labute approximate surface area is 120 Å². The van der Waals surface area contributed by atoms with Gasteiger partial charge in [0.15, 0.2) is 0 Å². The monoisotopic (exact) mass is 272 g/mol. The maximum Gasteiger partial charge on any atom is 0.336 e. The number of carbonyl (C=O) groups excluding carboxylic acids is 1. The van der Waals surface area contributed by atoms with E-state index in [0.717, 1.165) is 5.56 Å². The third-order valence-electron chi connectivity index (χ3n) is 2.96. The maximum atomic E-state index is 11.8. The highest BCUT2D eigenvalue weighted by atomic mass is 16.5. The molecule has 20 heavy (non-hydrogen) atoms. The molecule has 0 aliphatic rings. The largest absolute Gasteiger partial charge is 0.463 e. The average Bonchev–Trinajstić information content (AvgIpc) is 2.45. The Morgan fingerprint density at radius 3 is 2.60 bits per heavy atom. The molecule has 0 bridgehead atoms. The predicted molar refractivity (Wildman–Crippen MR) is 77.6 cm³/mol. The van der Waals surface area contributed by atoms with E-state index >= 15 is 0 Å². The van der Waals surface area contributed by atoms with Crippen molar-refractivity contribution in [1.82, 2.24) is 5.32 Å². The minimum Gasteiger partial charge on any atom is -0.463 e. The van der Waals surface area contributed by atoms with Gasteiger partial charge in [0.2, 0.25) is 0 Å². The van der Waals surface area contributed by atoms with E-state index in [1.165, 1.54) is 0 Å². The van der Waals surface area contributed by atoms with Gasteiger partial charge in [-0.1, -0.05) is 30.3 Å². The molecule has 0 radical (unpaired) electrons. The summed E-state index contributed by atoms with van der Waals surface area (Å²) < 4.78 is 4.98. The van der Waals surface area contributed by atoms with E-state index in [2.05, 4.69) is 5.32 Å². The van der Waals surface area contributed by atoms with Gasteiger partial charge in [-0.3, -0.25) is 0 Å². The molecule has 1 N–H and O–H groups in total. The highest BCUT2D eigenvalue weighted by molar-refractivity contribution is 5.89. The summed E-state index contributed by atoms with van der Waals surface area (Å²) in [5.74, 6) is -0.431. The molecule has 106 valence electrons. The van der Waals surface area contributed by atoms with Crippen LogP contribution >= 0.6 is 0 Å². The van der Waals surface area contributed by atoms with Crippen molar-refractivity contribution >= 4 is 5.97 Å². The quantitative estimate of drug-likeness (QED) is 0.638. The SMILES string of the molecule is CCOC(=O)/C(CC#N)=C(/C)N[C@H](C)c1ccccc1. The summed E-state index contributed by atoms with van der Waals surface area (Å²) in [5.41, 5.74) is 2.19. The predicted octanol–water partition coefficient (Wildman–Crippen LogP) is 3.09. The number of nitrogens with zero attached hydrogens (tertiary/aromatic N) is 1. The third-order valence-corrected chi connectivity index (χ3v) is 2.96. The van der Waals surface area contributed by atoms with E-state index in [0.29, 0.717) is 17.9 Å². The van der Waals surface area contributed by atoms with Gasteiger partial charge in [-0.25, -0.2) is 4.79 Å². The molecular formula is C16H20N2O2. The molecule has 1 aromatic rings. The van der Waals surface area contributed by atoms with Gasteiger partial charge in [-0.2, -0.15) is 5.26 Å². The van der Waals surface area contributed by atoms with E-state index in [1.54, 1.807) is 13.8 Å². The van der Waals surface area contributed by atoms with Crippen molar-refractivity contribution in [2.75, 3.05) is 6.61 Å². The molecule has 0 aromatic heterocycles. The molecule has 0 spiro atoms. The fourth-order valence-electron chi connectivity index (χ4n) is 1.89. The fraction of sp³-hybridized carbons (Fsp3) is 0.375. The number of benzene rings is 1. The number of hydrogen-bond donors (Lipinski definition) is 1. The number of rotatable bonds is 6. The lowest BCUT2D eigenvalue weighted by Crippen LogP contribution is -2.21. The summed E-state index contributed by atoms with van der Waals surface area (Å²) in [4.78, 5) is 11.8. The fourth-order valence-corrected chi connectivity index (χ4v) is 1.89. The normalized spacial score (nSPS) is 12.9. The van der Waals surface area contributed by atoms with E-state index in [-0.39, 0.29) is 12.5 Å². The number of nitrogens with one attached hydrogen (secondary N) is 1. The Hall–Kier alpha value is -2.28. The van der Waals surface area contributed by atoms with Crippen LogP contribution in [0.15, 0.2) is 41.6 Å². The van der Waals surface area contributed by atoms with Crippen LogP contribution in [0, 0.1) is 11.3 Å². The summed E-state index contributed by atoms with van der Waals surface area (Å²) in [6, 6.07) is 12.0. The number of allylic oxidation sites excluding steroid dienone is 1. The van der Waals surface area contributed by atoms with Crippen LogP contribution < -0.4 is 5.32 Å². The summed E-state index contributed by atoms with van der Waals surface area (Å²) in [5, 5.41) is 12.1. The molecule has 0 fully saturated rings. The molecule has 0 heterocycles. The van der Waals surface area contributed by atoms with Crippen LogP contribution in [0.3, 0.4) is 0 Å². The molecule has 4 heteroatoms. The first kappa shape index (κ1) is 15.8. The van der Waals surface area contributed by atoms with Gasteiger partial charge in [0.25, 0.3) is 0 Å². The van der Waals surface area contributed by atoms with Crippen molar-refractivity contribution in [3.63, 3.8) is 0 Å². The van der Waals surface area contributed by atoms with Gasteiger partial charge < -0.3 is 10.1 Å². The van der Waals surface area contributed by atoms with Gasteiger partial charge in [0, 0.05) is 11.7 Å². The lowest BCUT2D eigenvalue weighted by atomic mass is 10.1. The van der Waals surface area contributed by atoms with E-state index < -0.39 is 5.97 Å². The summed E-state index contributed by atoms with van der Waals surface area (Å²) >= 11 is 0. The van der Waals surface area contributed by atoms with Crippen LogP contribution in [0.1, 0.15) is 38.8 Å². The zero-order chi connectivity index (χ0) is 15.0. The minimum atomic E-state index is -0.431. The molecule has 1 aromatic carbocycles. The van der Waals surface area contributed by atoms with Gasteiger partial charge >= 0.3 is 5.97 Å². The second-order valence-electron chi connectivity index (χ2n) is 4.44. The van der Waals surface area contributed by atoms with Gasteiger partial charge in [0.1, 0.15) is 0 Å². The van der Waals surface area contributed by atoms with Crippen LogP contribution in [0.4, 0.5) is 0 Å². The van der Waals surface area contributed by atoms with Crippen LogP contribution in [-0.2, 0) is 9.53 Å². The number of nitriles is 1. The number of esters is 1. The van der Waals surface area contributed by atoms with Crippen LogP contribution in [-0.4, -0.2) is 12.6 Å². The molecule has 0 saturated carbocycles. The average molecular weight is 272 g/mol. The molecule has 0 unspecified atom stereocenters. The van der Waals surface area contributed by atoms with E-state index in [4.69, 9.17) is 10.00 Å². The molecule has 0 aliphatic carbocycles. The van der Waals surface area contributed by atoms with Crippen molar-refractivity contribution < 1.29 is 9.53 Å². The Kier molecular flexibility index (Phi) is 6.31. The van der Waals surface area contributed by atoms with Gasteiger partial charge in [0.05, 0.1) is 24.7 Å². The lowest BCUT2D eigenvalue weighted by Gasteiger charge is -2.18. The Morgan fingerprint density at radius 1 is 1.40 bits per heavy atom. The number of ether oxygens (including phenoxy) is 1. The summed E-state index contributed by atoms with van der Waals surface area (Å²) in [6.45, 7) is 5.85. The maximum absolute atomic E-state index is 11.8. The molecular weight excluding hydrogens is 252 g/mol. The van der Waals surface area contributed by atoms with Crippen molar-refractivity contribution in [2.45, 2.75) is 33.2 Å². The van der Waals surface area contributed by atoms with Crippen molar-refractivity contribution in [1.29, 1.82) is 5.26 Å². The van der Waals surface area contributed by atoms with Crippen LogP contribution in [0.2, 0.25) is 0 Å². The Morgan fingerprint density at radius 2 is 2.05 bits per heavy atom. The van der Waals surface area contributed by atoms with Crippen LogP contribution in [0.5, 0.6) is 0 Å². The van der Waals surface area contributed by atoms with E-state index in [1.807, 2.05) is 43.3 Å². The lowest BCUT2D eigenvalue weighted by molar-refractivity contribution is -0.138. The first-order chi connectivity index (χ1) is 9.60. The topological polar surface area (TPSA) is 62.1 Å². The standard InChI is InChI=1S/C16H20N2O2/c1-4-20-16(19)15(10-11-17)13(3)18-12(2)14-8-6-5-7-9-14/h5-9,12,18H,4,10H2,1-3H3/b15-13-/t12-/m1/s1. The van der Waals surface area contributed by atoms with E-state index in [9.17, 15) is 4.79 Å². The van der Waals surface area contributed by atoms with Crippen LogP contribution in [0.25, 0.3) is 0 Å². The summed E-state index contributed by atoms with van der Waals surface area (Å²) in [7, 11) is 0. The second-order valence-corrected chi connectivity index (χ2v) is 4.44. The van der Waals surface area contributed by atoms with Crippen molar-refractivity contribution in [2.24, 2.45) is 0 Å². The number of carbonyl (C=O) groups is 1. The molecule has 0 amide bonds. The number of hydrogen-bond acceptors (Lipinski definition) is 4. The highest BCUT2D eigenvalue weighted by Crippen LogP contribution is 2.16. The van der Waals surface area contributed by atoms with Gasteiger partial charge in [-0.05, 0) is 26.3 Å². The minimum absolute atomic E-state index is 0.0408. The Bertz CT molecular complexity index is 515. The molecule has 4 nitrogen and oxygen atoms in total. The Balaban J connectivity index is 2.88. The first-order valence-electron chi connectivity index (χ1n) is 6.65. The molecule has 0 aliphatic heterocycles. The zero-order valence-corrected chi connectivity index (χ0v) is 12.1. The second kappa shape index (κ2) is 8.00. The zero-order valence-electron chi connectivity index (χ0n) is 12.1. The smallest absolute Gasteiger partial charge is 0.336 e. The first-order valence-corrected chi connectivity index (χ1v) is 6.65. The van der Waals surface area contributed by atoms with Crippen molar-refractivity contribution in [3.05, 3.63) is 47.2 Å². The molecule has 1 rings (SSSR count). The summed E-state index contributed by atoms with van der Waals surface area (Å²) in [6.07, 6.45) is 0.0408. The van der Waals surface area contributed by atoms with Crippen molar-refractivity contribution in [3.8, 4) is 6.07 Å². The van der Waals surface area contributed by atoms with Gasteiger partial charge in [-0.15, -0.1) is 0 Å². The molecule has 0 saturated heterocycles.